The van der Waals surface area contributed by atoms with Crippen molar-refractivity contribution in [2.24, 2.45) is 0 Å². The molecule has 0 saturated carbocycles. The molecule has 138 valence electrons. The van der Waals surface area contributed by atoms with Crippen LogP contribution in [-0.4, -0.2) is 17.5 Å². The number of carboxylic acid groups (broad SMARTS) is 2. The van der Waals surface area contributed by atoms with Gasteiger partial charge in [0.1, 0.15) is 0 Å². The number of hydrogen-bond donors (Lipinski definition) is 1. The predicted molar refractivity (Wildman–Crippen MR) is 93.2 cm³/mol. The van der Waals surface area contributed by atoms with Crippen molar-refractivity contribution in [3.63, 3.8) is 0 Å². The fourth-order valence-corrected chi connectivity index (χ4v) is 2.64. The number of aliphatic carboxylic acids is 1. The molecular weight excluding hydrogens is 315 g/mol. The summed E-state index contributed by atoms with van der Waals surface area (Å²) in [6, 6.07) is 0. The molecule has 0 spiro atoms. The molecule has 0 rings (SSSR count). The molecule has 0 fully saturated rings. The molecule has 0 aromatic heterocycles. The SMILES string of the molecule is CCCCCCCCCCCCCCCCCC(=O)[O-].O=CO.[Na+]. The Labute approximate surface area is 171 Å². The first-order chi connectivity index (χ1) is 11.2. The molecule has 0 aliphatic carbocycles. The minimum atomic E-state index is -0.903. The monoisotopic (exact) mass is 352 g/mol. The van der Waals surface area contributed by atoms with Gasteiger partial charge in [-0.3, -0.25) is 4.79 Å². The van der Waals surface area contributed by atoms with Crippen LogP contribution in [0.3, 0.4) is 0 Å². The molecule has 0 unspecified atom stereocenters. The van der Waals surface area contributed by atoms with Gasteiger partial charge >= 0.3 is 29.6 Å². The first-order valence-electron chi connectivity index (χ1n) is 9.46. The van der Waals surface area contributed by atoms with Crippen LogP contribution in [0, 0.1) is 0 Å². The smallest absolute Gasteiger partial charge is 0.550 e. The van der Waals surface area contributed by atoms with E-state index in [1.807, 2.05) is 0 Å². The average molecular weight is 352 g/mol. The van der Waals surface area contributed by atoms with E-state index in [0.717, 1.165) is 12.8 Å². The number of carboxylic acids is 1. The molecule has 4 nitrogen and oxygen atoms in total. The van der Waals surface area contributed by atoms with E-state index >= 15 is 0 Å². The molecule has 24 heavy (non-hydrogen) atoms. The van der Waals surface area contributed by atoms with Gasteiger partial charge in [0.05, 0.1) is 0 Å². The maximum Gasteiger partial charge on any atom is 1.00 e. The van der Waals surface area contributed by atoms with E-state index in [1.165, 1.54) is 83.5 Å². The summed E-state index contributed by atoms with van der Waals surface area (Å²) >= 11 is 0. The topological polar surface area (TPSA) is 77.4 Å². The Balaban J connectivity index is -0.00000102. The molecular formula is C19H37NaO4. The molecule has 1 N–H and O–H groups in total. The fourth-order valence-electron chi connectivity index (χ4n) is 2.64. The van der Waals surface area contributed by atoms with Crippen molar-refractivity contribution in [1.82, 2.24) is 0 Å². The van der Waals surface area contributed by atoms with Gasteiger partial charge < -0.3 is 15.0 Å². The third-order valence-corrected chi connectivity index (χ3v) is 3.98. The standard InChI is InChI=1S/C18H36O2.CH2O2.Na/c1-2-3-4-5-6-7-8-9-10-11-12-13-14-15-16-17-18(19)20;2-1-3;/h2-17H2,1H3,(H,19,20);1H,(H,2,3);/q;;+1/p-1. The minimum absolute atomic E-state index is 0. The number of unbranched alkanes of at least 4 members (excludes halogenated alkanes) is 14. The quantitative estimate of drug-likeness (QED) is 0.261. The molecule has 5 heteroatoms. The number of carbonyl (C=O) groups is 2. The molecule has 0 saturated heterocycles. The van der Waals surface area contributed by atoms with Crippen LogP contribution in [0.15, 0.2) is 0 Å². The third-order valence-electron chi connectivity index (χ3n) is 3.98. The van der Waals surface area contributed by atoms with E-state index in [1.54, 1.807) is 0 Å². The zero-order valence-corrected chi connectivity index (χ0v) is 18.1. The van der Waals surface area contributed by atoms with Gasteiger partial charge in [0, 0.05) is 5.97 Å². The van der Waals surface area contributed by atoms with Gasteiger partial charge in [-0.25, -0.2) is 0 Å². The van der Waals surface area contributed by atoms with E-state index in [9.17, 15) is 9.90 Å². The summed E-state index contributed by atoms with van der Waals surface area (Å²) in [5.41, 5.74) is 0. The molecule has 0 heterocycles. The van der Waals surface area contributed by atoms with Crippen LogP contribution in [0.2, 0.25) is 0 Å². The summed E-state index contributed by atoms with van der Waals surface area (Å²) < 4.78 is 0. The Morgan fingerprint density at radius 3 is 1.25 bits per heavy atom. The third kappa shape index (κ3) is 33.5. The van der Waals surface area contributed by atoms with E-state index < -0.39 is 5.97 Å². The first-order valence-corrected chi connectivity index (χ1v) is 9.46. The van der Waals surface area contributed by atoms with Gasteiger partial charge in [-0.15, -0.1) is 0 Å². The summed E-state index contributed by atoms with van der Waals surface area (Å²) in [6.45, 7) is 2.02. The van der Waals surface area contributed by atoms with Crippen LogP contribution >= 0.6 is 0 Å². The number of rotatable bonds is 16. The zero-order valence-electron chi connectivity index (χ0n) is 16.1. The van der Waals surface area contributed by atoms with Gasteiger partial charge in [-0.2, -0.15) is 0 Å². The van der Waals surface area contributed by atoms with Crippen LogP contribution in [0.1, 0.15) is 110 Å². The van der Waals surface area contributed by atoms with Crippen LogP contribution in [0.25, 0.3) is 0 Å². The zero-order chi connectivity index (χ0) is 17.6. The maximum absolute atomic E-state index is 10.2. The Hall–Kier alpha value is -0.0600. The van der Waals surface area contributed by atoms with Crippen LogP contribution in [0.5, 0.6) is 0 Å². The Morgan fingerprint density at radius 2 is 1.00 bits per heavy atom. The molecule has 0 bridgehead atoms. The second kappa shape index (κ2) is 27.8. The first kappa shape index (κ1) is 28.7. The van der Waals surface area contributed by atoms with Crippen LogP contribution < -0.4 is 34.7 Å². The molecule has 0 aromatic carbocycles. The molecule has 0 aliphatic heterocycles. The Kier molecular flexibility index (Phi) is 33.2. The predicted octanol–water partition coefficient (Wildman–Crippen LogP) is 1.70. The minimum Gasteiger partial charge on any atom is -0.550 e. The van der Waals surface area contributed by atoms with Gasteiger partial charge in [0.2, 0.25) is 0 Å². The van der Waals surface area contributed by atoms with Crippen LogP contribution in [0.4, 0.5) is 0 Å². The Bertz CT molecular complexity index is 248. The molecule has 0 atom stereocenters. The second-order valence-electron chi connectivity index (χ2n) is 6.18. The molecule has 0 aliphatic rings. The maximum atomic E-state index is 10.2. The number of hydrogen-bond acceptors (Lipinski definition) is 3. The van der Waals surface area contributed by atoms with Crippen molar-refractivity contribution in [3.05, 3.63) is 0 Å². The summed E-state index contributed by atoms with van der Waals surface area (Å²) in [5, 5.41) is 17.1. The van der Waals surface area contributed by atoms with E-state index in [4.69, 9.17) is 9.90 Å². The van der Waals surface area contributed by atoms with Gasteiger partial charge in [-0.05, 0) is 12.8 Å². The van der Waals surface area contributed by atoms with Crippen molar-refractivity contribution >= 4 is 12.4 Å². The van der Waals surface area contributed by atoms with Gasteiger partial charge in [0.25, 0.3) is 6.47 Å². The van der Waals surface area contributed by atoms with Crippen molar-refractivity contribution < 1.29 is 49.4 Å². The van der Waals surface area contributed by atoms with Crippen molar-refractivity contribution in [2.75, 3.05) is 0 Å². The average Bonchev–Trinajstić information content (AvgIpc) is 2.51. The van der Waals surface area contributed by atoms with Gasteiger partial charge in [-0.1, -0.05) is 96.8 Å². The molecule has 0 amide bonds. The van der Waals surface area contributed by atoms with Crippen LogP contribution in [-0.2, 0) is 9.59 Å². The summed E-state index contributed by atoms with van der Waals surface area (Å²) in [5.74, 6) is -0.903. The van der Waals surface area contributed by atoms with E-state index in [0.29, 0.717) is 0 Å². The molecule has 0 radical (unpaired) electrons. The summed E-state index contributed by atoms with van der Waals surface area (Å²) in [7, 11) is 0. The van der Waals surface area contributed by atoms with E-state index in [-0.39, 0.29) is 42.5 Å². The molecule has 0 aromatic rings. The summed E-state index contributed by atoms with van der Waals surface area (Å²) in [6.07, 6.45) is 19.9. The van der Waals surface area contributed by atoms with Crippen molar-refractivity contribution in [3.8, 4) is 0 Å². The summed E-state index contributed by atoms with van der Waals surface area (Å²) in [4.78, 5) is 18.6. The van der Waals surface area contributed by atoms with Crippen molar-refractivity contribution in [1.29, 1.82) is 0 Å². The largest absolute Gasteiger partial charge is 1.00 e. The van der Waals surface area contributed by atoms with Gasteiger partial charge in [0.15, 0.2) is 0 Å². The van der Waals surface area contributed by atoms with E-state index in [2.05, 4.69) is 6.92 Å². The fraction of sp³-hybridized carbons (Fsp3) is 0.895. The Morgan fingerprint density at radius 1 is 0.750 bits per heavy atom. The number of carbonyl (C=O) groups excluding carboxylic acids is 1. The normalized spacial score (nSPS) is 9.54. The second-order valence-corrected chi connectivity index (χ2v) is 6.18. The van der Waals surface area contributed by atoms with Crippen molar-refractivity contribution in [2.45, 2.75) is 110 Å².